The second-order valence-electron chi connectivity index (χ2n) is 4.78. The molecule has 4 nitrogen and oxygen atoms in total. The molecule has 0 fully saturated rings. The molecule has 6 heteroatoms. The van der Waals surface area contributed by atoms with Gasteiger partial charge in [-0.1, -0.05) is 29.5 Å². The number of ether oxygens (including phenoxy) is 1. The van der Waals surface area contributed by atoms with Crippen molar-refractivity contribution in [2.45, 2.75) is 11.4 Å². The van der Waals surface area contributed by atoms with Crippen LogP contribution in [-0.2, 0) is 17.3 Å². The molecular weight excluding hydrogens is 316 g/mol. The van der Waals surface area contributed by atoms with Gasteiger partial charge in [-0.3, -0.25) is 4.21 Å². The number of thiazole rings is 1. The van der Waals surface area contributed by atoms with Crippen molar-refractivity contribution < 1.29 is 8.95 Å². The maximum atomic E-state index is 11.4. The van der Waals surface area contributed by atoms with Crippen LogP contribution in [0.3, 0.4) is 0 Å². The Labute approximate surface area is 135 Å². The van der Waals surface area contributed by atoms with E-state index < -0.39 is 10.8 Å². The van der Waals surface area contributed by atoms with Crippen LogP contribution in [0.2, 0.25) is 0 Å². The first-order valence-corrected chi connectivity index (χ1v) is 9.14. The molecule has 0 amide bonds. The summed E-state index contributed by atoms with van der Waals surface area (Å²) in [4.78, 5) is 5.42. The van der Waals surface area contributed by atoms with Crippen LogP contribution in [-0.4, -0.2) is 22.6 Å². The van der Waals surface area contributed by atoms with Gasteiger partial charge in [-0.2, -0.15) is 0 Å². The predicted molar refractivity (Wildman–Crippen MR) is 92.3 cm³/mol. The number of para-hydroxylation sites is 1. The second kappa shape index (κ2) is 6.46. The normalized spacial score (nSPS) is 12.3. The summed E-state index contributed by atoms with van der Waals surface area (Å²) in [6.07, 6.45) is 1.68. The third-order valence-corrected chi connectivity index (χ3v) is 5.22. The molecule has 3 rings (SSSR count). The summed E-state index contributed by atoms with van der Waals surface area (Å²) in [5.41, 5.74) is 2.01. The largest absolute Gasteiger partial charge is 0.494 e. The van der Waals surface area contributed by atoms with E-state index in [2.05, 4.69) is 10.3 Å². The number of hydrogen-bond acceptors (Lipinski definition) is 5. The molecule has 0 radical (unpaired) electrons. The van der Waals surface area contributed by atoms with Gasteiger partial charge in [-0.05, 0) is 29.8 Å². The maximum Gasteiger partial charge on any atom is 0.184 e. The molecule has 114 valence electrons. The first-order chi connectivity index (χ1) is 10.7. The molecule has 0 saturated carbocycles. The number of aromatic nitrogens is 1. The van der Waals surface area contributed by atoms with Crippen LogP contribution in [0.25, 0.3) is 10.2 Å². The van der Waals surface area contributed by atoms with E-state index in [1.54, 1.807) is 24.7 Å². The van der Waals surface area contributed by atoms with Gasteiger partial charge in [0.25, 0.3) is 0 Å². The van der Waals surface area contributed by atoms with Crippen molar-refractivity contribution in [2.75, 3.05) is 18.7 Å². The van der Waals surface area contributed by atoms with Crippen molar-refractivity contribution in [2.24, 2.45) is 0 Å². The standard InChI is InChI=1S/C16H16N2O2S2/c1-20-13-4-3-5-14-15(13)18-16(21-14)17-10-11-6-8-12(9-7-11)22(2)19/h3-9H,10H2,1-2H3,(H,17,18). The molecule has 1 aromatic heterocycles. The Bertz CT molecular complexity index is 813. The number of nitrogens with zero attached hydrogens (tertiary/aromatic N) is 1. The van der Waals surface area contributed by atoms with E-state index in [-0.39, 0.29) is 0 Å². The topological polar surface area (TPSA) is 51.2 Å². The number of methoxy groups -OCH3 is 1. The van der Waals surface area contributed by atoms with Gasteiger partial charge in [0.15, 0.2) is 5.13 Å². The van der Waals surface area contributed by atoms with Gasteiger partial charge < -0.3 is 10.1 Å². The fourth-order valence-corrected chi connectivity index (χ4v) is 3.54. The molecule has 0 saturated heterocycles. The highest BCUT2D eigenvalue weighted by atomic mass is 32.2. The summed E-state index contributed by atoms with van der Waals surface area (Å²) in [7, 11) is 0.717. The van der Waals surface area contributed by atoms with Crippen molar-refractivity contribution in [3.05, 3.63) is 48.0 Å². The molecule has 1 atom stereocenters. The average Bonchev–Trinajstić information content (AvgIpc) is 2.96. The lowest BCUT2D eigenvalue weighted by atomic mass is 10.2. The molecule has 0 aliphatic rings. The number of hydrogen-bond donors (Lipinski definition) is 1. The summed E-state index contributed by atoms with van der Waals surface area (Å²) in [5, 5.41) is 4.19. The molecule has 22 heavy (non-hydrogen) atoms. The molecule has 3 aromatic rings. The maximum absolute atomic E-state index is 11.4. The third kappa shape index (κ3) is 3.13. The highest BCUT2D eigenvalue weighted by molar-refractivity contribution is 7.84. The summed E-state index contributed by atoms with van der Waals surface area (Å²) in [5.74, 6) is 0.788. The summed E-state index contributed by atoms with van der Waals surface area (Å²) < 4.78 is 17.8. The van der Waals surface area contributed by atoms with Crippen LogP contribution in [0, 0.1) is 0 Å². The van der Waals surface area contributed by atoms with Crippen molar-refractivity contribution in [3.63, 3.8) is 0 Å². The summed E-state index contributed by atoms with van der Waals surface area (Å²) in [6, 6.07) is 13.7. The van der Waals surface area contributed by atoms with Crippen LogP contribution in [0.15, 0.2) is 47.4 Å². The van der Waals surface area contributed by atoms with Gasteiger partial charge in [0, 0.05) is 28.5 Å². The Balaban J connectivity index is 1.75. The number of fused-ring (bicyclic) bond motifs is 1. The molecular formula is C16H16N2O2S2. The zero-order valence-electron chi connectivity index (χ0n) is 12.3. The van der Waals surface area contributed by atoms with Gasteiger partial charge >= 0.3 is 0 Å². The van der Waals surface area contributed by atoms with Crippen LogP contribution in [0.5, 0.6) is 5.75 Å². The van der Waals surface area contributed by atoms with E-state index in [1.165, 1.54) is 0 Å². The Morgan fingerprint density at radius 1 is 1.23 bits per heavy atom. The van der Waals surface area contributed by atoms with Gasteiger partial charge in [0.1, 0.15) is 11.3 Å². The van der Waals surface area contributed by atoms with E-state index in [0.717, 1.165) is 31.6 Å². The Morgan fingerprint density at radius 3 is 2.68 bits per heavy atom. The summed E-state index contributed by atoms with van der Waals surface area (Å²) >= 11 is 1.60. The lowest BCUT2D eigenvalue weighted by Gasteiger charge is -2.03. The molecule has 1 unspecified atom stereocenters. The Hall–Kier alpha value is -1.92. The third-order valence-electron chi connectivity index (χ3n) is 3.30. The quantitative estimate of drug-likeness (QED) is 0.775. The van der Waals surface area contributed by atoms with Crippen molar-refractivity contribution in [1.82, 2.24) is 4.98 Å². The predicted octanol–water partition coefficient (Wildman–Crippen LogP) is 3.65. The minimum Gasteiger partial charge on any atom is -0.494 e. The average molecular weight is 332 g/mol. The number of rotatable bonds is 5. The molecule has 0 aliphatic heterocycles. The lowest BCUT2D eigenvalue weighted by Crippen LogP contribution is -1.99. The molecule has 0 aliphatic carbocycles. The first-order valence-electron chi connectivity index (χ1n) is 6.77. The zero-order valence-corrected chi connectivity index (χ0v) is 14.0. The number of nitrogens with one attached hydrogen (secondary N) is 1. The van der Waals surface area contributed by atoms with Crippen LogP contribution < -0.4 is 10.1 Å². The Morgan fingerprint density at radius 2 is 2.00 bits per heavy atom. The van der Waals surface area contributed by atoms with Crippen molar-refractivity contribution >= 4 is 37.5 Å². The fourth-order valence-electron chi connectivity index (χ4n) is 2.14. The van der Waals surface area contributed by atoms with E-state index in [0.29, 0.717) is 6.54 Å². The van der Waals surface area contributed by atoms with E-state index >= 15 is 0 Å². The SMILES string of the molecule is COc1cccc2sc(NCc3ccc(S(C)=O)cc3)nc12. The minimum absolute atomic E-state index is 0.679. The first kappa shape index (κ1) is 15.0. The highest BCUT2D eigenvalue weighted by Crippen LogP contribution is 2.32. The highest BCUT2D eigenvalue weighted by Gasteiger charge is 2.08. The molecule has 0 bridgehead atoms. The monoisotopic (exact) mass is 332 g/mol. The van der Waals surface area contributed by atoms with Crippen LogP contribution in [0.4, 0.5) is 5.13 Å². The number of anilines is 1. The van der Waals surface area contributed by atoms with Gasteiger partial charge in [-0.25, -0.2) is 4.98 Å². The van der Waals surface area contributed by atoms with E-state index in [1.807, 2.05) is 42.5 Å². The van der Waals surface area contributed by atoms with E-state index in [4.69, 9.17) is 4.74 Å². The second-order valence-corrected chi connectivity index (χ2v) is 7.19. The van der Waals surface area contributed by atoms with Gasteiger partial charge in [0.2, 0.25) is 0 Å². The smallest absolute Gasteiger partial charge is 0.184 e. The summed E-state index contributed by atoms with van der Waals surface area (Å²) in [6.45, 7) is 0.679. The minimum atomic E-state index is -0.936. The fraction of sp³-hybridized carbons (Fsp3) is 0.188. The van der Waals surface area contributed by atoms with E-state index in [9.17, 15) is 4.21 Å². The zero-order chi connectivity index (χ0) is 15.5. The van der Waals surface area contributed by atoms with Gasteiger partial charge in [-0.15, -0.1) is 0 Å². The van der Waals surface area contributed by atoms with Gasteiger partial charge in [0.05, 0.1) is 11.8 Å². The van der Waals surface area contributed by atoms with Crippen molar-refractivity contribution in [3.8, 4) is 5.75 Å². The molecule has 0 spiro atoms. The van der Waals surface area contributed by atoms with Crippen LogP contribution >= 0.6 is 11.3 Å². The molecule has 1 heterocycles. The Kier molecular flexibility index (Phi) is 4.40. The van der Waals surface area contributed by atoms with Crippen molar-refractivity contribution in [1.29, 1.82) is 0 Å². The molecule has 2 aromatic carbocycles. The number of benzene rings is 2. The van der Waals surface area contributed by atoms with Crippen LogP contribution in [0.1, 0.15) is 5.56 Å². The lowest BCUT2D eigenvalue weighted by molar-refractivity contribution is 0.419. The molecule has 1 N–H and O–H groups in total.